The minimum Gasteiger partial charge on any atom is -0.391 e. The number of rotatable bonds is 4. The van der Waals surface area contributed by atoms with Crippen molar-refractivity contribution in [3.05, 3.63) is 17.5 Å². The van der Waals surface area contributed by atoms with Gasteiger partial charge < -0.3 is 15.3 Å². The van der Waals surface area contributed by atoms with Crippen LogP contribution in [-0.2, 0) is 6.54 Å². The summed E-state index contributed by atoms with van der Waals surface area (Å²) in [4.78, 5) is 13.6. The van der Waals surface area contributed by atoms with Gasteiger partial charge in [-0.25, -0.2) is 4.79 Å². The van der Waals surface area contributed by atoms with Crippen molar-refractivity contribution < 1.29 is 9.90 Å². The molecule has 2 heterocycles. The van der Waals surface area contributed by atoms with E-state index in [9.17, 15) is 9.90 Å². The van der Waals surface area contributed by atoms with Crippen molar-refractivity contribution in [2.75, 3.05) is 19.6 Å². The number of nitrogens with one attached hydrogen (secondary N) is 1. The Labute approximate surface area is 119 Å². The molecule has 0 radical (unpaired) electrons. The van der Waals surface area contributed by atoms with Crippen LogP contribution in [0.3, 0.4) is 0 Å². The standard InChI is InChI=1S/C14H24N4O2/c1-11-9-12(2)18(16-11)8-4-6-15-14(20)17-7-3-5-13(19)10-17/h9,13,19H,3-8,10H2,1-2H3,(H,15,20). The first-order valence-corrected chi connectivity index (χ1v) is 7.28. The summed E-state index contributed by atoms with van der Waals surface area (Å²) in [6.45, 7) is 6.64. The number of aliphatic hydroxyl groups is 1. The Morgan fingerprint density at radius 2 is 2.35 bits per heavy atom. The minimum absolute atomic E-state index is 0.0721. The SMILES string of the molecule is Cc1cc(C)n(CCCNC(=O)N2CCCC(O)C2)n1. The second-order valence-corrected chi connectivity index (χ2v) is 5.48. The maximum absolute atomic E-state index is 11.9. The highest BCUT2D eigenvalue weighted by Gasteiger charge is 2.21. The molecule has 112 valence electrons. The number of hydrogen-bond acceptors (Lipinski definition) is 3. The van der Waals surface area contributed by atoms with E-state index in [1.165, 1.54) is 0 Å². The van der Waals surface area contributed by atoms with E-state index >= 15 is 0 Å². The largest absolute Gasteiger partial charge is 0.391 e. The molecule has 1 fully saturated rings. The fraction of sp³-hybridized carbons (Fsp3) is 0.714. The van der Waals surface area contributed by atoms with Crippen LogP contribution in [0.1, 0.15) is 30.7 Å². The Hall–Kier alpha value is -1.56. The number of β-amino-alcohol motifs (C(OH)–C–C–N with tert-alkyl or cyclic N) is 1. The van der Waals surface area contributed by atoms with Gasteiger partial charge in [0.1, 0.15) is 0 Å². The van der Waals surface area contributed by atoms with Crippen molar-refractivity contribution in [2.45, 2.75) is 45.8 Å². The molecular formula is C14H24N4O2. The van der Waals surface area contributed by atoms with Gasteiger partial charge in [0, 0.05) is 31.9 Å². The third kappa shape index (κ3) is 3.96. The highest BCUT2D eigenvalue weighted by molar-refractivity contribution is 5.74. The van der Waals surface area contributed by atoms with Crippen molar-refractivity contribution in [3.8, 4) is 0 Å². The molecule has 1 aliphatic heterocycles. The van der Waals surface area contributed by atoms with Gasteiger partial charge in [-0.1, -0.05) is 0 Å². The molecule has 1 aliphatic rings. The molecule has 2 rings (SSSR count). The van der Waals surface area contributed by atoms with E-state index in [2.05, 4.69) is 10.4 Å². The zero-order chi connectivity index (χ0) is 14.5. The van der Waals surface area contributed by atoms with E-state index in [4.69, 9.17) is 0 Å². The van der Waals surface area contributed by atoms with Crippen LogP contribution in [0, 0.1) is 13.8 Å². The average molecular weight is 280 g/mol. The van der Waals surface area contributed by atoms with Gasteiger partial charge in [0.15, 0.2) is 0 Å². The normalized spacial score (nSPS) is 19.1. The second-order valence-electron chi connectivity index (χ2n) is 5.48. The maximum atomic E-state index is 11.9. The number of piperidine rings is 1. The lowest BCUT2D eigenvalue weighted by Gasteiger charge is -2.30. The zero-order valence-electron chi connectivity index (χ0n) is 12.3. The molecule has 6 heteroatoms. The van der Waals surface area contributed by atoms with E-state index in [1.54, 1.807) is 4.90 Å². The lowest BCUT2D eigenvalue weighted by atomic mass is 10.1. The first-order valence-electron chi connectivity index (χ1n) is 7.28. The van der Waals surface area contributed by atoms with Gasteiger partial charge in [0.05, 0.1) is 11.8 Å². The molecule has 0 bridgehead atoms. The van der Waals surface area contributed by atoms with Crippen LogP contribution in [0.25, 0.3) is 0 Å². The lowest BCUT2D eigenvalue weighted by Crippen LogP contribution is -2.47. The van der Waals surface area contributed by atoms with Gasteiger partial charge in [0.2, 0.25) is 0 Å². The third-order valence-electron chi connectivity index (χ3n) is 3.61. The van der Waals surface area contributed by atoms with E-state index in [0.29, 0.717) is 13.1 Å². The van der Waals surface area contributed by atoms with Gasteiger partial charge in [-0.05, 0) is 39.2 Å². The Kier molecular flexibility index (Phi) is 5.00. The molecule has 20 heavy (non-hydrogen) atoms. The van der Waals surface area contributed by atoms with E-state index < -0.39 is 0 Å². The third-order valence-corrected chi connectivity index (χ3v) is 3.61. The predicted octanol–water partition coefficient (Wildman–Crippen LogP) is 1.06. The van der Waals surface area contributed by atoms with Crippen LogP contribution in [-0.4, -0.2) is 51.6 Å². The van der Waals surface area contributed by atoms with Gasteiger partial charge in [-0.15, -0.1) is 0 Å². The van der Waals surface area contributed by atoms with Crippen LogP contribution >= 0.6 is 0 Å². The first kappa shape index (κ1) is 14.8. The fourth-order valence-electron chi connectivity index (χ4n) is 2.58. The van der Waals surface area contributed by atoms with Crippen molar-refractivity contribution in [1.29, 1.82) is 0 Å². The van der Waals surface area contributed by atoms with Crippen molar-refractivity contribution in [1.82, 2.24) is 20.0 Å². The molecule has 1 saturated heterocycles. The summed E-state index contributed by atoms with van der Waals surface area (Å²) in [6.07, 6.45) is 2.15. The number of urea groups is 1. The summed E-state index contributed by atoms with van der Waals surface area (Å²) in [5.74, 6) is 0. The highest BCUT2D eigenvalue weighted by Crippen LogP contribution is 2.09. The summed E-state index contributed by atoms with van der Waals surface area (Å²) in [6, 6.07) is 1.98. The van der Waals surface area contributed by atoms with Crippen LogP contribution in [0.15, 0.2) is 6.07 Å². The first-order chi connectivity index (χ1) is 9.56. The number of aliphatic hydroxyl groups excluding tert-OH is 1. The molecule has 1 aromatic heterocycles. The summed E-state index contributed by atoms with van der Waals surface area (Å²) < 4.78 is 1.96. The average Bonchev–Trinajstić information content (AvgIpc) is 2.73. The molecule has 0 saturated carbocycles. The second kappa shape index (κ2) is 6.74. The van der Waals surface area contributed by atoms with Crippen LogP contribution in [0.2, 0.25) is 0 Å². The van der Waals surface area contributed by atoms with Crippen molar-refractivity contribution >= 4 is 6.03 Å². The quantitative estimate of drug-likeness (QED) is 0.810. The topological polar surface area (TPSA) is 70.4 Å². The number of hydrogen-bond donors (Lipinski definition) is 2. The van der Waals surface area contributed by atoms with Crippen LogP contribution < -0.4 is 5.32 Å². The van der Waals surface area contributed by atoms with Gasteiger partial charge >= 0.3 is 6.03 Å². The molecular weight excluding hydrogens is 256 g/mol. The Morgan fingerprint density at radius 3 is 3.00 bits per heavy atom. The predicted molar refractivity (Wildman–Crippen MR) is 76.5 cm³/mol. The number of aryl methyl sites for hydroxylation is 3. The number of aromatic nitrogens is 2. The number of nitrogens with zero attached hydrogens (tertiary/aromatic N) is 3. The van der Waals surface area contributed by atoms with Gasteiger partial charge in [0.25, 0.3) is 0 Å². The van der Waals surface area contributed by atoms with E-state index in [-0.39, 0.29) is 12.1 Å². The summed E-state index contributed by atoms with van der Waals surface area (Å²) in [5.41, 5.74) is 2.17. The molecule has 0 aromatic carbocycles. The minimum atomic E-state index is -0.371. The molecule has 0 spiro atoms. The number of amides is 2. The number of likely N-dealkylation sites (tertiary alicyclic amines) is 1. The Morgan fingerprint density at radius 1 is 1.55 bits per heavy atom. The highest BCUT2D eigenvalue weighted by atomic mass is 16.3. The molecule has 2 amide bonds. The van der Waals surface area contributed by atoms with Crippen molar-refractivity contribution in [2.24, 2.45) is 0 Å². The summed E-state index contributed by atoms with van der Waals surface area (Å²) >= 11 is 0. The maximum Gasteiger partial charge on any atom is 0.317 e. The fourth-order valence-corrected chi connectivity index (χ4v) is 2.58. The molecule has 0 aliphatic carbocycles. The van der Waals surface area contributed by atoms with Crippen LogP contribution in [0.5, 0.6) is 0 Å². The number of carbonyl (C=O) groups is 1. The zero-order valence-corrected chi connectivity index (χ0v) is 12.3. The monoisotopic (exact) mass is 280 g/mol. The lowest BCUT2D eigenvalue weighted by molar-refractivity contribution is 0.0843. The molecule has 1 unspecified atom stereocenters. The van der Waals surface area contributed by atoms with E-state index in [1.807, 2.05) is 24.6 Å². The molecule has 1 aromatic rings. The molecule has 1 atom stereocenters. The van der Waals surface area contributed by atoms with Crippen LogP contribution in [0.4, 0.5) is 4.79 Å². The van der Waals surface area contributed by atoms with Gasteiger partial charge in [-0.2, -0.15) is 5.10 Å². The van der Waals surface area contributed by atoms with E-state index in [0.717, 1.165) is 43.7 Å². The molecule has 6 nitrogen and oxygen atoms in total. The summed E-state index contributed by atoms with van der Waals surface area (Å²) in [7, 11) is 0. The Bertz CT molecular complexity index is 458. The smallest absolute Gasteiger partial charge is 0.317 e. The Balaban J connectivity index is 1.68. The molecule has 2 N–H and O–H groups in total. The summed E-state index contributed by atoms with van der Waals surface area (Å²) in [5, 5.41) is 16.8. The van der Waals surface area contributed by atoms with Crippen molar-refractivity contribution in [3.63, 3.8) is 0 Å². The van der Waals surface area contributed by atoms with Gasteiger partial charge in [-0.3, -0.25) is 4.68 Å². The number of carbonyl (C=O) groups excluding carboxylic acids is 1.